The van der Waals surface area contributed by atoms with Crippen molar-refractivity contribution in [2.75, 3.05) is 13.7 Å². The minimum atomic E-state index is -0.304. The van der Waals surface area contributed by atoms with E-state index in [4.69, 9.17) is 4.74 Å². The third-order valence-electron chi connectivity index (χ3n) is 2.69. The summed E-state index contributed by atoms with van der Waals surface area (Å²) in [6, 6.07) is 4.80. The number of hydrogen-bond donors (Lipinski definition) is 1. The van der Waals surface area contributed by atoms with Crippen LogP contribution in [0.25, 0.3) is 10.6 Å². The van der Waals surface area contributed by atoms with E-state index in [9.17, 15) is 4.39 Å². The SMILES string of the molecule is CCCNCc1cnc(-c2c(F)cccc2OC)s1. The van der Waals surface area contributed by atoms with Gasteiger partial charge < -0.3 is 10.1 Å². The average Bonchev–Trinajstić information content (AvgIpc) is 2.87. The summed E-state index contributed by atoms with van der Waals surface area (Å²) < 4.78 is 19.1. The first-order chi connectivity index (χ1) is 9.26. The van der Waals surface area contributed by atoms with Crippen molar-refractivity contribution in [2.24, 2.45) is 0 Å². The molecule has 102 valence electrons. The van der Waals surface area contributed by atoms with Crippen LogP contribution in [-0.2, 0) is 6.54 Å². The molecule has 0 bridgehead atoms. The highest BCUT2D eigenvalue weighted by Gasteiger charge is 2.15. The van der Waals surface area contributed by atoms with E-state index in [1.165, 1.54) is 24.5 Å². The molecule has 0 atom stereocenters. The Kier molecular flexibility index (Phi) is 4.87. The van der Waals surface area contributed by atoms with Crippen LogP contribution in [0.5, 0.6) is 5.75 Å². The lowest BCUT2D eigenvalue weighted by Crippen LogP contribution is -2.12. The van der Waals surface area contributed by atoms with E-state index in [1.807, 2.05) is 0 Å². The minimum absolute atomic E-state index is 0.304. The summed E-state index contributed by atoms with van der Waals surface area (Å²) in [5, 5.41) is 3.96. The van der Waals surface area contributed by atoms with Crippen molar-refractivity contribution in [3.05, 3.63) is 35.1 Å². The molecule has 0 saturated carbocycles. The van der Waals surface area contributed by atoms with Crippen LogP contribution in [-0.4, -0.2) is 18.6 Å². The maximum absolute atomic E-state index is 13.9. The highest BCUT2D eigenvalue weighted by molar-refractivity contribution is 7.15. The summed E-state index contributed by atoms with van der Waals surface area (Å²) >= 11 is 1.49. The predicted molar refractivity (Wildman–Crippen MR) is 76.1 cm³/mol. The number of aromatic nitrogens is 1. The molecule has 0 aliphatic heterocycles. The summed E-state index contributed by atoms with van der Waals surface area (Å²) in [4.78, 5) is 5.38. The summed E-state index contributed by atoms with van der Waals surface area (Å²) in [5.41, 5.74) is 0.441. The van der Waals surface area contributed by atoms with Crippen molar-refractivity contribution >= 4 is 11.3 Å². The Balaban J connectivity index is 2.23. The third kappa shape index (κ3) is 3.30. The smallest absolute Gasteiger partial charge is 0.137 e. The Morgan fingerprint density at radius 3 is 3.00 bits per heavy atom. The number of rotatable bonds is 6. The van der Waals surface area contributed by atoms with Crippen LogP contribution < -0.4 is 10.1 Å². The van der Waals surface area contributed by atoms with Gasteiger partial charge in [-0.25, -0.2) is 9.37 Å². The van der Waals surface area contributed by atoms with Crippen LogP contribution >= 0.6 is 11.3 Å². The van der Waals surface area contributed by atoms with E-state index < -0.39 is 0 Å². The largest absolute Gasteiger partial charge is 0.496 e. The van der Waals surface area contributed by atoms with Gasteiger partial charge in [0, 0.05) is 17.6 Å². The van der Waals surface area contributed by atoms with Gasteiger partial charge in [0.2, 0.25) is 0 Å². The van der Waals surface area contributed by atoms with E-state index in [0.717, 1.165) is 24.4 Å². The second-order valence-electron chi connectivity index (χ2n) is 4.13. The maximum Gasteiger partial charge on any atom is 0.137 e. The molecule has 1 heterocycles. The molecule has 3 nitrogen and oxygen atoms in total. The molecule has 0 radical (unpaired) electrons. The molecular weight excluding hydrogens is 263 g/mol. The molecule has 1 aromatic heterocycles. The molecule has 2 rings (SSSR count). The lowest BCUT2D eigenvalue weighted by molar-refractivity contribution is 0.413. The van der Waals surface area contributed by atoms with Crippen molar-refractivity contribution in [1.29, 1.82) is 0 Å². The number of halogens is 1. The summed E-state index contributed by atoms with van der Waals surface area (Å²) in [6.45, 7) is 3.85. The molecule has 0 amide bonds. The van der Waals surface area contributed by atoms with Crippen molar-refractivity contribution in [2.45, 2.75) is 19.9 Å². The molecule has 0 fully saturated rings. The zero-order chi connectivity index (χ0) is 13.7. The monoisotopic (exact) mass is 280 g/mol. The normalized spacial score (nSPS) is 10.7. The number of benzene rings is 1. The molecule has 19 heavy (non-hydrogen) atoms. The predicted octanol–water partition coefficient (Wildman–Crippen LogP) is 3.46. The van der Waals surface area contributed by atoms with Crippen LogP contribution in [0.2, 0.25) is 0 Å². The number of ether oxygens (including phenoxy) is 1. The Hall–Kier alpha value is -1.46. The lowest BCUT2D eigenvalue weighted by atomic mass is 10.2. The van der Waals surface area contributed by atoms with Gasteiger partial charge in [0.25, 0.3) is 0 Å². The molecule has 0 aliphatic rings. The second-order valence-corrected chi connectivity index (χ2v) is 5.24. The van der Waals surface area contributed by atoms with Gasteiger partial charge in [-0.05, 0) is 25.1 Å². The minimum Gasteiger partial charge on any atom is -0.496 e. The first-order valence-corrected chi connectivity index (χ1v) is 7.06. The van der Waals surface area contributed by atoms with E-state index in [1.54, 1.807) is 18.3 Å². The van der Waals surface area contributed by atoms with Crippen LogP contribution in [0.3, 0.4) is 0 Å². The Morgan fingerprint density at radius 2 is 2.26 bits per heavy atom. The average molecular weight is 280 g/mol. The van der Waals surface area contributed by atoms with Gasteiger partial charge >= 0.3 is 0 Å². The zero-order valence-electron chi connectivity index (χ0n) is 11.1. The Morgan fingerprint density at radius 1 is 1.42 bits per heavy atom. The second kappa shape index (κ2) is 6.63. The number of thiazole rings is 1. The molecule has 2 aromatic rings. The van der Waals surface area contributed by atoms with E-state index in [2.05, 4.69) is 17.2 Å². The Bertz CT molecular complexity index is 542. The number of nitrogens with zero attached hydrogens (tertiary/aromatic N) is 1. The van der Waals surface area contributed by atoms with Gasteiger partial charge in [-0.1, -0.05) is 13.0 Å². The lowest BCUT2D eigenvalue weighted by Gasteiger charge is -2.06. The molecule has 1 N–H and O–H groups in total. The van der Waals surface area contributed by atoms with E-state index >= 15 is 0 Å². The fourth-order valence-corrected chi connectivity index (χ4v) is 2.71. The summed E-state index contributed by atoms with van der Waals surface area (Å²) in [5.74, 6) is 0.212. The first kappa shape index (κ1) is 14.0. The van der Waals surface area contributed by atoms with Gasteiger partial charge in [0.05, 0.1) is 12.7 Å². The van der Waals surface area contributed by atoms with Gasteiger partial charge in [-0.15, -0.1) is 11.3 Å². The molecule has 5 heteroatoms. The fourth-order valence-electron chi connectivity index (χ4n) is 1.78. The van der Waals surface area contributed by atoms with Gasteiger partial charge in [0.1, 0.15) is 16.6 Å². The number of methoxy groups -OCH3 is 1. The van der Waals surface area contributed by atoms with Crippen LogP contribution in [0, 0.1) is 5.82 Å². The van der Waals surface area contributed by atoms with Crippen LogP contribution in [0.4, 0.5) is 4.39 Å². The third-order valence-corrected chi connectivity index (χ3v) is 3.70. The molecule has 0 saturated heterocycles. The van der Waals surface area contributed by atoms with Gasteiger partial charge in [-0.3, -0.25) is 0 Å². The molecule has 0 aliphatic carbocycles. The maximum atomic E-state index is 13.9. The van der Waals surface area contributed by atoms with Crippen molar-refractivity contribution in [1.82, 2.24) is 10.3 Å². The van der Waals surface area contributed by atoms with Crippen LogP contribution in [0.1, 0.15) is 18.2 Å². The highest BCUT2D eigenvalue weighted by Crippen LogP contribution is 2.34. The number of hydrogen-bond acceptors (Lipinski definition) is 4. The molecular formula is C14H17FN2OS. The standard InChI is InChI=1S/C14H17FN2OS/c1-3-7-16-8-10-9-17-14(19-10)13-11(15)5-4-6-12(13)18-2/h4-6,9,16H,3,7-8H2,1-2H3. The topological polar surface area (TPSA) is 34.2 Å². The van der Waals surface area contributed by atoms with E-state index in [0.29, 0.717) is 16.3 Å². The van der Waals surface area contributed by atoms with Gasteiger partial charge in [-0.2, -0.15) is 0 Å². The van der Waals surface area contributed by atoms with E-state index in [-0.39, 0.29) is 5.82 Å². The molecule has 1 aromatic carbocycles. The van der Waals surface area contributed by atoms with Crippen molar-refractivity contribution in [3.8, 4) is 16.3 Å². The summed E-state index contributed by atoms with van der Waals surface area (Å²) in [6.07, 6.45) is 2.88. The van der Waals surface area contributed by atoms with Gasteiger partial charge in [0.15, 0.2) is 0 Å². The van der Waals surface area contributed by atoms with Crippen molar-refractivity contribution < 1.29 is 9.13 Å². The molecule has 0 unspecified atom stereocenters. The number of nitrogens with one attached hydrogen (secondary N) is 1. The summed E-state index contributed by atoms with van der Waals surface area (Å²) in [7, 11) is 1.54. The quantitative estimate of drug-likeness (QED) is 0.823. The zero-order valence-corrected chi connectivity index (χ0v) is 11.9. The first-order valence-electron chi connectivity index (χ1n) is 6.24. The Labute approximate surface area is 116 Å². The molecule has 0 spiro atoms. The van der Waals surface area contributed by atoms with Crippen molar-refractivity contribution in [3.63, 3.8) is 0 Å². The highest BCUT2D eigenvalue weighted by atomic mass is 32.1. The fraction of sp³-hybridized carbons (Fsp3) is 0.357. The van der Waals surface area contributed by atoms with Crippen LogP contribution in [0.15, 0.2) is 24.4 Å².